The summed E-state index contributed by atoms with van der Waals surface area (Å²) in [5.41, 5.74) is 1.94. The van der Waals surface area contributed by atoms with Crippen LogP contribution in [0.1, 0.15) is 21.7 Å². The van der Waals surface area contributed by atoms with Gasteiger partial charge in [-0.3, -0.25) is 9.78 Å². The number of hydrogen-bond donors (Lipinski definition) is 1. The number of nitrogens with one attached hydrogen (secondary N) is 1. The smallest absolute Gasteiger partial charge is 0.340 e. The van der Waals surface area contributed by atoms with E-state index in [0.717, 1.165) is 5.39 Å². The number of aromatic nitrogens is 2. The zero-order valence-corrected chi connectivity index (χ0v) is 12.0. The van der Waals surface area contributed by atoms with Crippen LogP contribution in [0.2, 0.25) is 0 Å². The molecule has 0 spiro atoms. The SMILES string of the molecule is COC(=O)c1c(C)nc(C)c2c(=O)[nH]c3ccccc3c12. The summed E-state index contributed by atoms with van der Waals surface area (Å²) in [6, 6.07) is 7.39. The van der Waals surface area contributed by atoms with Gasteiger partial charge >= 0.3 is 5.97 Å². The lowest BCUT2D eigenvalue weighted by molar-refractivity contribution is 0.0602. The van der Waals surface area contributed by atoms with Gasteiger partial charge in [-0.2, -0.15) is 0 Å². The van der Waals surface area contributed by atoms with E-state index >= 15 is 0 Å². The van der Waals surface area contributed by atoms with Gasteiger partial charge in [-0.15, -0.1) is 0 Å². The summed E-state index contributed by atoms with van der Waals surface area (Å²) >= 11 is 0. The van der Waals surface area contributed by atoms with Gasteiger partial charge in [0, 0.05) is 16.3 Å². The minimum atomic E-state index is -0.485. The van der Waals surface area contributed by atoms with Gasteiger partial charge in [0.25, 0.3) is 5.56 Å². The van der Waals surface area contributed by atoms with Gasteiger partial charge in [0.1, 0.15) is 0 Å². The van der Waals surface area contributed by atoms with Crippen molar-refractivity contribution in [1.82, 2.24) is 9.97 Å². The Morgan fingerprint density at radius 2 is 1.86 bits per heavy atom. The molecule has 0 aliphatic carbocycles. The van der Waals surface area contributed by atoms with Crippen molar-refractivity contribution in [2.75, 3.05) is 7.11 Å². The number of hydrogen-bond acceptors (Lipinski definition) is 4. The van der Waals surface area contributed by atoms with Crippen molar-refractivity contribution in [3.63, 3.8) is 0 Å². The second-order valence-electron chi connectivity index (χ2n) is 4.90. The average Bonchev–Trinajstić information content (AvgIpc) is 2.46. The molecule has 0 atom stereocenters. The normalized spacial score (nSPS) is 11.0. The number of aryl methyl sites for hydroxylation is 2. The van der Waals surface area contributed by atoms with Crippen LogP contribution in [-0.4, -0.2) is 23.0 Å². The van der Waals surface area contributed by atoms with Gasteiger partial charge in [-0.1, -0.05) is 18.2 Å². The molecule has 3 rings (SSSR count). The van der Waals surface area contributed by atoms with Gasteiger partial charge in [0.05, 0.1) is 29.4 Å². The van der Waals surface area contributed by atoms with E-state index in [-0.39, 0.29) is 5.56 Å². The van der Waals surface area contributed by atoms with E-state index in [1.165, 1.54) is 7.11 Å². The number of nitrogens with zero attached hydrogens (tertiary/aromatic N) is 1. The first-order chi connectivity index (χ1) is 10.0. The Balaban J connectivity index is 2.69. The Morgan fingerprint density at radius 3 is 2.57 bits per heavy atom. The molecule has 1 N–H and O–H groups in total. The molecule has 5 heteroatoms. The van der Waals surface area contributed by atoms with Crippen LogP contribution in [0.15, 0.2) is 29.1 Å². The van der Waals surface area contributed by atoms with Crippen molar-refractivity contribution in [3.05, 3.63) is 51.6 Å². The van der Waals surface area contributed by atoms with Crippen LogP contribution in [0, 0.1) is 13.8 Å². The minimum Gasteiger partial charge on any atom is -0.465 e. The fourth-order valence-electron chi connectivity index (χ4n) is 2.74. The molecule has 0 fully saturated rings. The largest absolute Gasteiger partial charge is 0.465 e. The lowest BCUT2D eigenvalue weighted by Crippen LogP contribution is -2.14. The summed E-state index contributed by atoms with van der Waals surface area (Å²) in [6.45, 7) is 3.51. The Morgan fingerprint density at radius 1 is 1.14 bits per heavy atom. The highest BCUT2D eigenvalue weighted by Crippen LogP contribution is 2.28. The molecule has 0 radical (unpaired) electrons. The number of rotatable bonds is 1. The molecule has 2 aromatic heterocycles. The van der Waals surface area contributed by atoms with E-state index < -0.39 is 5.97 Å². The number of carbonyl (C=O) groups is 1. The molecule has 0 aliphatic rings. The number of benzene rings is 1. The van der Waals surface area contributed by atoms with Gasteiger partial charge in [0.15, 0.2) is 0 Å². The molecule has 2 heterocycles. The minimum absolute atomic E-state index is 0.251. The van der Waals surface area contributed by atoms with Crippen molar-refractivity contribution in [3.8, 4) is 0 Å². The molecular formula is C16H14N2O3. The van der Waals surface area contributed by atoms with Gasteiger partial charge in [-0.05, 0) is 19.9 Å². The Kier molecular flexibility index (Phi) is 2.97. The third kappa shape index (κ3) is 1.89. The van der Waals surface area contributed by atoms with E-state index in [9.17, 15) is 9.59 Å². The first kappa shape index (κ1) is 13.3. The third-order valence-corrected chi connectivity index (χ3v) is 3.62. The molecule has 0 saturated carbocycles. The zero-order valence-electron chi connectivity index (χ0n) is 12.0. The van der Waals surface area contributed by atoms with Crippen LogP contribution in [0.3, 0.4) is 0 Å². The maximum atomic E-state index is 12.3. The van der Waals surface area contributed by atoms with Crippen molar-refractivity contribution in [1.29, 1.82) is 0 Å². The Labute approximate surface area is 120 Å². The molecule has 106 valence electrons. The first-order valence-electron chi connectivity index (χ1n) is 6.55. The number of pyridine rings is 2. The second-order valence-corrected chi connectivity index (χ2v) is 4.90. The highest BCUT2D eigenvalue weighted by molar-refractivity contribution is 6.16. The zero-order chi connectivity index (χ0) is 15.1. The van der Waals surface area contributed by atoms with Crippen molar-refractivity contribution in [2.24, 2.45) is 0 Å². The predicted molar refractivity (Wildman–Crippen MR) is 80.7 cm³/mol. The molecule has 1 aromatic carbocycles. The number of aromatic amines is 1. The molecule has 0 aliphatic heterocycles. The number of ether oxygens (including phenoxy) is 1. The summed E-state index contributed by atoms with van der Waals surface area (Å²) in [5.74, 6) is -0.485. The number of esters is 1. The molecule has 0 saturated heterocycles. The Bertz CT molecular complexity index is 942. The lowest BCUT2D eigenvalue weighted by Gasteiger charge is -2.12. The van der Waals surface area contributed by atoms with Crippen molar-refractivity contribution in [2.45, 2.75) is 13.8 Å². The lowest BCUT2D eigenvalue weighted by atomic mass is 9.99. The van der Waals surface area contributed by atoms with Crippen LogP contribution >= 0.6 is 0 Å². The maximum Gasteiger partial charge on any atom is 0.340 e. The molecule has 0 bridgehead atoms. The van der Waals surface area contributed by atoms with Crippen LogP contribution in [0.4, 0.5) is 0 Å². The predicted octanol–water partition coefficient (Wildman–Crippen LogP) is 2.48. The third-order valence-electron chi connectivity index (χ3n) is 3.62. The number of carbonyl (C=O) groups excluding carboxylic acids is 1. The van der Waals surface area contributed by atoms with E-state index in [2.05, 4.69) is 9.97 Å². The highest BCUT2D eigenvalue weighted by atomic mass is 16.5. The molecular weight excluding hydrogens is 268 g/mol. The quantitative estimate of drug-likeness (QED) is 0.550. The summed E-state index contributed by atoms with van der Waals surface area (Å²) in [7, 11) is 1.32. The molecule has 21 heavy (non-hydrogen) atoms. The number of para-hydroxylation sites is 1. The molecule has 0 unspecified atom stereocenters. The van der Waals surface area contributed by atoms with E-state index in [1.54, 1.807) is 13.8 Å². The number of methoxy groups -OCH3 is 1. The fraction of sp³-hybridized carbons (Fsp3) is 0.188. The maximum absolute atomic E-state index is 12.3. The van der Waals surface area contributed by atoms with E-state index in [4.69, 9.17) is 4.74 Å². The van der Waals surface area contributed by atoms with E-state index in [1.807, 2.05) is 24.3 Å². The van der Waals surface area contributed by atoms with Crippen molar-refractivity contribution >= 4 is 27.6 Å². The monoisotopic (exact) mass is 282 g/mol. The van der Waals surface area contributed by atoms with Gasteiger partial charge in [0.2, 0.25) is 0 Å². The summed E-state index contributed by atoms with van der Waals surface area (Å²) in [6.07, 6.45) is 0. The highest BCUT2D eigenvalue weighted by Gasteiger charge is 2.20. The molecule has 3 aromatic rings. The van der Waals surface area contributed by atoms with Crippen LogP contribution < -0.4 is 5.56 Å². The van der Waals surface area contributed by atoms with Gasteiger partial charge < -0.3 is 9.72 Å². The number of fused-ring (bicyclic) bond motifs is 3. The summed E-state index contributed by atoms with van der Waals surface area (Å²) in [4.78, 5) is 31.6. The van der Waals surface area contributed by atoms with Crippen LogP contribution in [0.5, 0.6) is 0 Å². The standard InChI is InChI=1S/C16H14N2O3/c1-8-12-14(13(9(2)17-8)16(20)21-3)10-6-4-5-7-11(10)18-15(12)19/h4-7H,1-3H3,(H,18,19). The number of H-pyrrole nitrogens is 1. The second kappa shape index (κ2) is 4.70. The van der Waals surface area contributed by atoms with Gasteiger partial charge in [-0.25, -0.2) is 4.79 Å². The van der Waals surface area contributed by atoms with Crippen molar-refractivity contribution < 1.29 is 9.53 Å². The Hall–Kier alpha value is -2.69. The summed E-state index contributed by atoms with van der Waals surface area (Å²) < 4.78 is 4.86. The first-order valence-corrected chi connectivity index (χ1v) is 6.55. The fourth-order valence-corrected chi connectivity index (χ4v) is 2.74. The van der Waals surface area contributed by atoms with Crippen LogP contribution in [-0.2, 0) is 4.74 Å². The topological polar surface area (TPSA) is 72.0 Å². The molecule has 5 nitrogen and oxygen atoms in total. The van der Waals surface area contributed by atoms with E-state index in [0.29, 0.717) is 33.2 Å². The van der Waals surface area contributed by atoms with Crippen LogP contribution in [0.25, 0.3) is 21.7 Å². The molecule has 0 amide bonds. The summed E-state index contributed by atoms with van der Waals surface area (Å²) in [5, 5.41) is 1.84. The average molecular weight is 282 g/mol.